The van der Waals surface area contributed by atoms with Gasteiger partial charge in [-0.1, -0.05) is 25.0 Å². The van der Waals surface area contributed by atoms with E-state index in [2.05, 4.69) is 0 Å². The summed E-state index contributed by atoms with van der Waals surface area (Å²) in [6, 6.07) is 7.47. The summed E-state index contributed by atoms with van der Waals surface area (Å²) < 4.78 is 5.35. The summed E-state index contributed by atoms with van der Waals surface area (Å²) in [4.78, 5) is 28.8. The highest BCUT2D eigenvalue weighted by Crippen LogP contribution is 2.33. The predicted molar refractivity (Wildman–Crippen MR) is 88.5 cm³/mol. The van der Waals surface area contributed by atoms with Crippen LogP contribution in [0.1, 0.15) is 32.1 Å². The van der Waals surface area contributed by atoms with Gasteiger partial charge in [-0.3, -0.25) is 9.59 Å². The van der Waals surface area contributed by atoms with Gasteiger partial charge in [-0.2, -0.15) is 0 Å². The molecule has 1 aromatic rings. The second-order valence-electron chi connectivity index (χ2n) is 6.32. The third-order valence-corrected chi connectivity index (χ3v) is 4.77. The number of methoxy groups -OCH3 is 1. The summed E-state index contributed by atoms with van der Waals surface area (Å²) in [6.07, 6.45) is 4.83. The first-order valence-electron chi connectivity index (χ1n) is 8.43. The Morgan fingerprint density at radius 1 is 1.13 bits per heavy atom. The van der Waals surface area contributed by atoms with Crippen molar-refractivity contribution in [3.8, 4) is 5.75 Å². The Balaban J connectivity index is 1.73. The fourth-order valence-corrected chi connectivity index (χ4v) is 3.51. The van der Waals surface area contributed by atoms with Crippen LogP contribution in [-0.4, -0.2) is 43.5 Å². The Morgan fingerprint density at radius 3 is 2.52 bits per heavy atom. The van der Waals surface area contributed by atoms with E-state index in [1.165, 1.54) is 12.8 Å². The number of amides is 2. The number of para-hydroxylation sites is 2. The van der Waals surface area contributed by atoms with Crippen molar-refractivity contribution >= 4 is 17.5 Å². The summed E-state index contributed by atoms with van der Waals surface area (Å²) in [6.45, 7) is 2.12. The van der Waals surface area contributed by atoms with Crippen LogP contribution in [0, 0.1) is 5.92 Å². The molecule has 2 amide bonds. The van der Waals surface area contributed by atoms with Crippen molar-refractivity contribution in [2.45, 2.75) is 32.1 Å². The van der Waals surface area contributed by atoms with E-state index in [1.54, 1.807) is 12.0 Å². The van der Waals surface area contributed by atoms with Gasteiger partial charge in [-0.05, 0) is 25.0 Å². The molecular weight excluding hydrogens is 292 g/mol. The monoisotopic (exact) mass is 316 g/mol. The zero-order valence-electron chi connectivity index (χ0n) is 13.7. The average molecular weight is 316 g/mol. The van der Waals surface area contributed by atoms with Gasteiger partial charge in [0.05, 0.1) is 18.7 Å². The van der Waals surface area contributed by atoms with Crippen LogP contribution in [0.4, 0.5) is 5.69 Å². The van der Waals surface area contributed by atoms with Crippen LogP contribution >= 0.6 is 0 Å². The predicted octanol–water partition coefficient (Wildman–Crippen LogP) is 2.45. The van der Waals surface area contributed by atoms with Crippen LogP contribution < -0.4 is 9.64 Å². The number of carbonyl (C=O) groups is 2. The first-order chi connectivity index (χ1) is 11.2. The molecule has 5 heteroatoms. The normalized spacial score (nSPS) is 22.1. The Hall–Kier alpha value is -2.04. The first kappa shape index (κ1) is 15.8. The molecule has 0 aromatic heterocycles. The molecule has 23 heavy (non-hydrogen) atoms. The molecule has 2 heterocycles. The van der Waals surface area contributed by atoms with Gasteiger partial charge in [0.1, 0.15) is 5.75 Å². The lowest BCUT2D eigenvalue weighted by molar-refractivity contribution is -0.135. The standard InChI is InChI=1S/C18H24N2O3/c1-23-16-9-5-4-8-15(16)20-13-14(12-17(20)21)18(22)19-10-6-2-3-7-11-19/h4-5,8-9,14H,2-3,6-7,10-13H2,1H3. The molecule has 2 fully saturated rings. The largest absolute Gasteiger partial charge is 0.495 e. The number of likely N-dealkylation sites (tertiary alicyclic amines) is 1. The fraction of sp³-hybridized carbons (Fsp3) is 0.556. The maximum Gasteiger partial charge on any atom is 0.228 e. The second-order valence-corrected chi connectivity index (χ2v) is 6.32. The number of anilines is 1. The third-order valence-electron chi connectivity index (χ3n) is 4.77. The Labute approximate surface area is 137 Å². The van der Waals surface area contributed by atoms with E-state index in [1.807, 2.05) is 29.2 Å². The van der Waals surface area contributed by atoms with E-state index in [4.69, 9.17) is 4.74 Å². The van der Waals surface area contributed by atoms with Crippen molar-refractivity contribution in [1.29, 1.82) is 0 Å². The highest BCUT2D eigenvalue weighted by Gasteiger charge is 2.38. The van der Waals surface area contributed by atoms with E-state index >= 15 is 0 Å². The van der Waals surface area contributed by atoms with Crippen molar-refractivity contribution in [3.63, 3.8) is 0 Å². The first-order valence-corrected chi connectivity index (χ1v) is 8.43. The summed E-state index contributed by atoms with van der Waals surface area (Å²) in [5, 5.41) is 0. The molecule has 0 aliphatic carbocycles. The minimum Gasteiger partial charge on any atom is -0.495 e. The number of hydrogen-bond acceptors (Lipinski definition) is 3. The molecular formula is C18H24N2O3. The lowest BCUT2D eigenvalue weighted by Crippen LogP contribution is -2.38. The summed E-state index contributed by atoms with van der Waals surface area (Å²) in [7, 11) is 1.60. The molecule has 2 saturated heterocycles. The van der Waals surface area contributed by atoms with Crippen LogP contribution in [-0.2, 0) is 9.59 Å². The van der Waals surface area contributed by atoms with Gasteiger partial charge in [0.25, 0.3) is 0 Å². The number of rotatable bonds is 3. The van der Waals surface area contributed by atoms with Crippen molar-refractivity contribution in [2.75, 3.05) is 31.6 Å². The van der Waals surface area contributed by atoms with Crippen LogP contribution in [0.15, 0.2) is 24.3 Å². The zero-order chi connectivity index (χ0) is 16.2. The lowest BCUT2D eigenvalue weighted by Gasteiger charge is -2.24. The Morgan fingerprint density at radius 2 is 1.83 bits per heavy atom. The highest BCUT2D eigenvalue weighted by molar-refractivity contribution is 6.01. The minimum atomic E-state index is -0.231. The van der Waals surface area contributed by atoms with Crippen molar-refractivity contribution in [2.24, 2.45) is 5.92 Å². The summed E-state index contributed by atoms with van der Waals surface area (Å²) in [5.41, 5.74) is 0.756. The van der Waals surface area contributed by atoms with Gasteiger partial charge in [0.2, 0.25) is 11.8 Å². The number of benzene rings is 1. The Kier molecular flexibility index (Phi) is 4.84. The molecule has 0 radical (unpaired) electrons. The van der Waals surface area contributed by atoms with Gasteiger partial charge in [0.15, 0.2) is 0 Å². The fourth-order valence-electron chi connectivity index (χ4n) is 3.51. The summed E-state index contributed by atoms with van der Waals surface area (Å²) in [5.74, 6) is 0.578. The molecule has 0 spiro atoms. The Bertz CT molecular complexity index is 579. The summed E-state index contributed by atoms with van der Waals surface area (Å²) >= 11 is 0. The molecule has 0 saturated carbocycles. The third kappa shape index (κ3) is 3.33. The van der Waals surface area contributed by atoms with Crippen LogP contribution in [0.3, 0.4) is 0 Å². The minimum absolute atomic E-state index is 0.00247. The molecule has 1 unspecified atom stereocenters. The smallest absolute Gasteiger partial charge is 0.228 e. The van der Waals surface area contributed by atoms with Gasteiger partial charge in [0, 0.05) is 26.1 Å². The van der Waals surface area contributed by atoms with Gasteiger partial charge in [-0.15, -0.1) is 0 Å². The second kappa shape index (κ2) is 7.02. The molecule has 124 valence electrons. The van der Waals surface area contributed by atoms with Crippen LogP contribution in [0.2, 0.25) is 0 Å². The van der Waals surface area contributed by atoms with Crippen LogP contribution in [0.5, 0.6) is 5.75 Å². The quantitative estimate of drug-likeness (QED) is 0.860. The van der Waals surface area contributed by atoms with E-state index in [0.717, 1.165) is 31.6 Å². The number of nitrogens with zero attached hydrogens (tertiary/aromatic N) is 2. The van der Waals surface area contributed by atoms with Crippen molar-refractivity contribution in [1.82, 2.24) is 4.90 Å². The molecule has 0 N–H and O–H groups in total. The van der Waals surface area contributed by atoms with Crippen molar-refractivity contribution < 1.29 is 14.3 Å². The molecule has 1 aromatic carbocycles. The lowest BCUT2D eigenvalue weighted by atomic mass is 10.1. The van der Waals surface area contributed by atoms with Gasteiger partial charge >= 0.3 is 0 Å². The molecule has 0 bridgehead atoms. The van der Waals surface area contributed by atoms with E-state index in [-0.39, 0.29) is 17.7 Å². The van der Waals surface area contributed by atoms with E-state index in [0.29, 0.717) is 18.7 Å². The number of hydrogen-bond donors (Lipinski definition) is 0. The van der Waals surface area contributed by atoms with Crippen LogP contribution in [0.25, 0.3) is 0 Å². The van der Waals surface area contributed by atoms with Gasteiger partial charge in [-0.25, -0.2) is 0 Å². The highest BCUT2D eigenvalue weighted by atomic mass is 16.5. The topological polar surface area (TPSA) is 49.9 Å². The van der Waals surface area contributed by atoms with Gasteiger partial charge < -0.3 is 14.5 Å². The molecule has 2 aliphatic rings. The van der Waals surface area contributed by atoms with E-state index < -0.39 is 0 Å². The van der Waals surface area contributed by atoms with Crippen molar-refractivity contribution in [3.05, 3.63) is 24.3 Å². The van der Waals surface area contributed by atoms with E-state index in [9.17, 15) is 9.59 Å². The molecule has 3 rings (SSSR count). The average Bonchev–Trinajstić information content (AvgIpc) is 2.78. The number of ether oxygens (including phenoxy) is 1. The molecule has 1 atom stereocenters. The molecule has 5 nitrogen and oxygen atoms in total. The SMILES string of the molecule is COc1ccccc1N1CC(C(=O)N2CCCCCC2)CC1=O. The zero-order valence-corrected chi connectivity index (χ0v) is 13.7. The molecule has 2 aliphatic heterocycles. The maximum atomic E-state index is 12.7. The number of carbonyl (C=O) groups excluding carboxylic acids is 2. The maximum absolute atomic E-state index is 12.7.